The molecule has 0 spiro atoms. The van der Waals surface area contributed by atoms with Crippen molar-refractivity contribution in [1.29, 1.82) is 0 Å². The molecule has 2 aromatic rings. The number of ketones is 1. The van der Waals surface area contributed by atoms with Gasteiger partial charge in [0.25, 0.3) is 0 Å². The molecule has 1 aliphatic rings. The highest BCUT2D eigenvalue weighted by Gasteiger charge is 2.23. The maximum absolute atomic E-state index is 11.8. The number of nitrogens with zero attached hydrogens (tertiary/aromatic N) is 2. The highest BCUT2D eigenvalue weighted by Crippen LogP contribution is 2.29. The first-order valence-electron chi connectivity index (χ1n) is 5.80. The Morgan fingerprint density at radius 1 is 1.31 bits per heavy atom. The summed E-state index contributed by atoms with van der Waals surface area (Å²) in [5.74, 6) is 0.506. The zero-order valence-electron chi connectivity index (χ0n) is 9.10. The second kappa shape index (κ2) is 3.74. The molecule has 0 N–H and O–H groups in total. The number of fused-ring (bicyclic) bond motifs is 1. The molecule has 1 atom stereocenters. The molecule has 3 rings (SSSR count). The minimum Gasteiger partial charge on any atom is -0.307 e. The van der Waals surface area contributed by atoms with Crippen LogP contribution in [0.5, 0.6) is 0 Å². The Morgan fingerprint density at radius 2 is 2.25 bits per heavy atom. The number of rotatable bonds is 1. The number of aromatic nitrogens is 2. The van der Waals surface area contributed by atoms with Gasteiger partial charge in [-0.15, -0.1) is 0 Å². The van der Waals surface area contributed by atoms with E-state index in [0.29, 0.717) is 5.78 Å². The Bertz CT molecular complexity index is 529. The van der Waals surface area contributed by atoms with E-state index in [-0.39, 0.29) is 5.92 Å². The summed E-state index contributed by atoms with van der Waals surface area (Å²) < 4.78 is 1.98. The predicted octanol–water partition coefficient (Wildman–Crippen LogP) is 2.56. The first kappa shape index (κ1) is 9.58. The third-order valence-corrected chi connectivity index (χ3v) is 3.37. The van der Waals surface area contributed by atoms with Crippen LogP contribution in [0, 0.1) is 0 Å². The lowest BCUT2D eigenvalue weighted by molar-refractivity contribution is -0.121. The van der Waals surface area contributed by atoms with E-state index >= 15 is 0 Å². The Hall–Kier alpha value is -1.64. The molecule has 0 aromatic carbocycles. The molecule has 0 radical (unpaired) electrons. The van der Waals surface area contributed by atoms with Gasteiger partial charge in [0.05, 0.1) is 0 Å². The second-order valence-corrected chi connectivity index (χ2v) is 4.42. The van der Waals surface area contributed by atoms with Crippen LogP contribution < -0.4 is 0 Å². The summed E-state index contributed by atoms with van der Waals surface area (Å²) in [4.78, 5) is 16.0. The summed E-state index contributed by atoms with van der Waals surface area (Å²) in [6.07, 6.45) is 9.71. The minimum atomic E-state index is 0.112. The molecule has 3 heteroatoms. The van der Waals surface area contributed by atoms with Crippen LogP contribution >= 0.6 is 0 Å². The monoisotopic (exact) mass is 214 g/mol. The van der Waals surface area contributed by atoms with E-state index in [9.17, 15) is 4.79 Å². The quantitative estimate of drug-likeness (QED) is 0.731. The summed E-state index contributed by atoms with van der Waals surface area (Å²) in [6, 6.07) is 4.02. The Kier molecular flexibility index (Phi) is 2.24. The Balaban J connectivity index is 2.00. The highest BCUT2D eigenvalue weighted by atomic mass is 16.1. The first-order valence-corrected chi connectivity index (χ1v) is 5.80. The number of pyridine rings is 1. The molecule has 0 aliphatic heterocycles. The van der Waals surface area contributed by atoms with Crippen molar-refractivity contribution in [2.75, 3.05) is 0 Å². The van der Waals surface area contributed by atoms with Gasteiger partial charge in [-0.05, 0) is 24.5 Å². The van der Waals surface area contributed by atoms with E-state index in [2.05, 4.69) is 4.98 Å². The molecule has 2 heterocycles. The number of Topliss-reactive ketones (excluding diaryl/α,β-unsaturated/α-hetero) is 1. The van der Waals surface area contributed by atoms with Crippen molar-refractivity contribution in [2.45, 2.75) is 31.6 Å². The fourth-order valence-corrected chi connectivity index (χ4v) is 2.48. The average molecular weight is 214 g/mol. The van der Waals surface area contributed by atoms with Crippen molar-refractivity contribution in [3.05, 3.63) is 36.3 Å². The zero-order valence-corrected chi connectivity index (χ0v) is 9.10. The number of hydrogen-bond donors (Lipinski definition) is 0. The normalized spacial score (nSPS) is 21.5. The van der Waals surface area contributed by atoms with Crippen LogP contribution in [-0.2, 0) is 4.79 Å². The number of imidazole rings is 1. The standard InChI is InChI=1S/C13H14N2O/c16-12-4-2-1-3-11(12)10-5-6-13-14-7-8-15(13)9-10/h5-9,11H,1-4H2/t11-/m0/s1. The van der Waals surface area contributed by atoms with Crippen LogP contribution in [0.15, 0.2) is 30.7 Å². The van der Waals surface area contributed by atoms with E-state index in [1.165, 1.54) is 6.42 Å². The molecule has 3 nitrogen and oxygen atoms in total. The molecule has 0 unspecified atom stereocenters. The average Bonchev–Trinajstić information content (AvgIpc) is 2.76. The lowest BCUT2D eigenvalue weighted by Gasteiger charge is -2.20. The summed E-state index contributed by atoms with van der Waals surface area (Å²) in [5.41, 5.74) is 2.07. The predicted molar refractivity (Wildman–Crippen MR) is 61.4 cm³/mol. The molecule has 0 amide bonds. The second-order valence-electron chi connectivity index (χ2n) is 4.42. The van der Waals surface area contributed by atoms with Crippen molar-refractivity contribution in [2.24, 2.45) is 0 Å². The molecule has 1 fully saturated rings. The maximum Gasteiger partial charge on any atom is 0.140 e. The fraction of sp³-hybridized carbons (Fsp3) is 0.385. The van der Waals surface area contributed by atoms with Gasteiger partial charge in [0.15, 0.2) is 0 Å². The summed E-state index contributed by atoms with van der Waals surface area (Å²) >= 11 is 0. The van der Waals surface area contributed by atoms with Crippen molar-refractivity contribution in [1.82, 2.24) is 9.38 Å². The van der Waals surface area contributed by atoms with E-state index in [1.54, 1.807) is 6.20 Å². The molecule has 82 valence electrons. The summed E-state index contributed by atoms with van der Waals surface area (Å²) in [6.45, 7) is 0. The van der Waals surface area contributed by atoms with Gasteiger partial charge >= 0.3 is 0 Å². The van der Waals surface area contributed by atoms with E-state index in [0.717, 1.165) is 30.5 Å². The Morgan fingerprint density at radius 3 is 3.12 bits per heavy atom. The van der Waals surface area contributed by atoms with Gasteiger partial charge in [-0.2, -0.15) is 0 Å². The maximum atomic E-state index is 11.8. The number of carbonyl (C=O) groups excluding carboxylic acids is 1. The third-order valence-electron chi connectivity index (χ3n) is 3.37. The molecule has 16 heavy (non-hydrogen) atoms. The third kappa shape index (κ3) is 1.52. The van der Waals surface area contributed by atoms with Crippen LogP contribution in [0.3, 0.4) is 0 Å². The van der Waals surface area contributed by atoms with Gasteiger partial charge in [-0.25, -0.2) is 4.98 Å². The number of carbonyl (C=O) groups is 1. The van der Waals surface area contributed by atoms with E-state index in [1.807, 2.05) is 28.9 Å². The zero-order chi connectivity index (χ0) is 11.0. The highest BCUT2D eigenvalue weighted by molar-refractivity contribution is 5.86. The molecular weight excluding hydrogens is 200 g/mol. The largest absolute Gasteiger partial charge is 0.307 e. The molecule has 0 saturated heterocycles. The van der Waals surface area contributed by atoms with Crippen LogP contribution in [0.1, 0.15) is 37.2 Å². The van der Waals surface area contributed by atoms with Crippen molar-refractivity contribution in [3.8, 4) is 0 Å². The Labute approximate surface area is 94.1 Å². The van der Waals surface area contributed by atoms with Crippen molar-refractivity contribution in [3.63, 3.8) is 0 Å². The van der Waals surface area contributed by atoms with Gasteiger partial charge in [0, 0.05) is 30.9 Å². The van der Waals surface area contributed by atoms with Crippen LogP contribution in [-0.4, -0.2) is 15.2 Å². The molecule has 1 saturated carbocycles. The minimum absolute atomic E-state index is 0.112. The molecular formula is C13H14N2O. The van der Waals surface area contributed by atoms with Gasteiger partial charge < -0.3 is 4.40 Å². The lowest BCUT2D eigenvalue weighted by atomic mass is 9.84. The number of hydrogen-bond acceptors (Lipinski definition) is 2. The smallest absolute Gasteiger partial charge is 0.140 e. The topological polar surface area (TPSA) is 34.4 Å². The van der Waals surface area contributed by atoms with Gasteiger partial charge in [0.1, 0.15) is 11.4 Å². The van der Waals surface area contributed by atoms with Crippen molar-refractivity contribution >= 4 is 11.4 Å². The van der Waals surface area contributed by atoms with Crippen LogP contribution in [0.2, 0.25) is 0 Å². The molecule has 0 bridgehead atoms. The van der Waals surface area contributed by atoms with Crippen LogP contribution in [0.4, 0.5) is 0 Å². The van der Waals surface area contributed by atoms with Gasteiger partial charge in [-0.1, -0.05) is 12.5 Å². The summed E-state index contributed by atoms with van der Waals surface area (Å²) in [7, 11) is 0. The van der Waals surface area contributed by atoms with Gasteiger partial charge in [-0.3, -0.25) is 4.79 Å². The van der Waals surface area contributed by atoms with Gasteiger partial charge in [0.2, 0.25) is 0 Å². The van der Waals surface area contributed by atoms with E-state index < -0.39 is 0 Å². The SMILES string of the molecule is O=C1CCCC[C@H]1c1ccc2nccn2c1. The lowest BCUT2D eigenvalue weighted by Crippen LogP contribution is -2.17. The van der Waals surface area contributed by atoms with Crippen molar-refractivity contribution < 1.29 is 4.79 Å². The molecule has 2 aromatic heterocycles. The first-order chi connectivity index (χ1) is 7.84. The molecule has 1 aliphatic carbocycles. The van der Waals surface area contributed by atoms with E-state index in [4.69, 9.17) is 0 Å². The van der Waals surface area contributed by atoms with Crippen LogP contribution in [0.25, 0.3) is 5.65 Å². The summed E-state index contributed by atoms with van der Waals surface area (Å²) in [5, 5.41) is 0. The fourth-order valence-electron chi connectivity index (χ4n) is 2.48.